The fourth-order valence-corrected chi connectivity index (χ4v) is 8.31. The second-order valence-corrected chi connectivity index (χ2v) is 16.5. The van der Waals surface area contributed by atoms with Gasteiger partial charge in [-0.2, -0.15) is 0 Å². The van der Waals surface area contributed by atoms with Crippen LogP contribution in [0.15, 0.2) is 0 Å². The lowest BCUT2D eigenvalue weighted by molar-refractivity contribution is -0.893. The van der Waals surface area contributed by atoms with Gasteiger partial charge in [-0.05, 0) is 54.4 Å². The number of rotatable bonds is 6. The predicted molar refractivity (Wildman–Crippen MR) is 181 cm³/mol. The van der Waals surface area contributed by atoms with Gasteiger partial charge in [0.25, 0.3) is 0 Å². The molecule has 18 atom stereocenters. The summed E-state index contributed by atoms with van der Waals surface area (Å²) in [5, 5.41) is 68.2. The molecule has 3 fully saturated rings. The van der Waals surface area contributed by atoms with E-state index in [4.69, 9.17) is 23.7 Å². The Kier molecular flexibility index (Phi) is 14.1. The van der Waals surface area contributed by atoms with Crippen molar-refractivity contribution in [2.24, 2.45) is 23.7 Å². The molecule has 0 amide bonds. The van der Waals surface area contributed by atoms with E-state index in [9.17, 15) is 40.2 Å². The zero-order valence-electron chi connectivity index (χ0n) is 32.0. The number of nitrogens with one attached hydrogen (secondary N) is 1. The molecule has 14 nitrogen and oxygen atoms in total. The number of quaternary nitrogens is 1. The lowest BCUT2D eigenvalue weighted by atomic mass is 9.74. The number of ether oxygens (including phenoxy) is 5. The van der Waals surface area contributed by atoms with Crippen molar-refractivity contribution in [2.45, 2.75) is 179 Å². The van der Waals surface area contributed by atoms with E-state index in [0.29, 0.717) is 6.42 Å². The van der Waals surface area contributed by atoms with Crippen LogP contribution in [0, 0.1) is 23.7 Å². The minimum absolute atomic E-state index is 0.120. The second-order valence-electron chi connectivity index (χ2n) is 16.5. The van der Waals surface area contributed by atoms with Crippen molar-refractivity contribution >= 4 is 11.8 Å². The van der Waals surface area contributed by atoms with E-state index in [2.05, 4.69) is 0 Å². The van der Waals surface area contributed by atoms with Crippen molar-refractivity contribution in [1.29, 1.82) is 0 Å². The number of hydrogen-bond acceptors (Lipinski definition) is 13. The third kappa shape index (κ3) is 9.25. The predicted octanol–water partition coefficient (Wildman–Crippen LogP) is -0.286. The van der Waals surface area contributed by atoms with Crippen LogP contribution in [0.5, 0.6) is 0 Å². The van der Waals surface area contributed by atoms with Gasteiger partial charge < -0.3 is 59.2 Å². The van der Waals surface area contributed by atoms with Gasteiger partial charge in [0.05, 0.1) is 61.7 Å². The van der Waals surface area contributed by atoms with Crippen LogP contribution in [0.1, 0.15) is 94.9 Å². The maximum absolute atomic E-state index is 14.0. The number of hydrogen-bond donors (Lipinski definition) is 7. The Morgan fingerprint density at radius 3 is 1.98 bits per heavy atom. The van der Waals surface area contributed by atoms with Gasteiger partial charge in [0.1, 0.15) is 29.6 Å². The molecule has 0 aromatic heterocycles. The van der Waals surface area contributed by atoms with Crippen molar-refractivity contribution < 1.29 is 68.8 Å². The number of esters is 1. The molecule has 0 bridgehead atoms. The summed E-state index contributed by atoms with van der Waals surface area (Å²) in [6.45, 7) is 15.8. The third-order valence-corrected chi connectivity index (χ3v) is 11.5. The molecule has 3 aliphatic rings. The van der Waals surface area contributed by atoms with Crippen LogP contribution in [0.3, 0.4) is 0 Å². The Balaban J connectivity index is 2.17. The molecule has 0 aliphatic carbocycles. The third-order valence-electron chi connectivity index (χ3n) is 11.5. The first kappa shape index (κ1) is 43.1. The van der Waals surface area contributed by atoms with Gasteiger partial charge in [-0.25, -0.2) is 0 Å². The fourth-order valence-electron chi connectivity index (χ4n) is 8.31. The molecule has 3 aliphatic heterocycles. The van der Waals surface area contributed by atoms with Gasteiger partial charge in [-0.15, -0.1) is 0 Å². The highest BCUT2D eigenvalue weighted by Crippen LogP contribution is 2.40. The van der Waals surface area contributed by atoms with Gasteiger partial charge >= 0.3 is 5.97 Å². The average molecular weight is 721 g/mol. The first-order valence-corrected chi connectivity index (χ1v) is 18.2. The van der Waals surface area contributed by atoms with E-state index < -0.39 is 108 Å². The van der Waals surface area contributed by atoms with Gasteiger partial charge in [0, 0.05) is 30.6 Å². The van der Waals surface area contributed by atoms with Crippen LogP contribution in [-0.4, -0.2) is 141 Å². The average Bonchev–Trinajstić information content (AvgIpc) is 3.01. The quantitative estimate of drug-likeness (QED) is 0.177. The number of cyclic esters (lactones) is 1. The van der Waals surface area contributed by atoms with Crippen molar-refractivity contribution in [3.8, 4) is 0 Å². The van der Waals surface area contributed by atoms with E-state index in [0.717, 1.165) is 4.90 Å². The lowest BCUT2D eigenvalue weighted by Gasteiger charge is -2.48. The summed E-state index contributed by atoms with van der Waals surface area (Å²) >= 11 is 0. The first-order valence-electron chi connectivity index (χ1n) is 18.2. The van der Waals surface area contributed by atoms with E-state index in [1.54, 1.807) is 34.6 Å². The van der Waals surface area contributed by atoms with E-state index in [1.807, 2.05) is 21.0 Å². The number of likely N-dealkylation sites (N-methyl/N-ethyl adjacent to an activating group) is 1. The zero-order valence-corrected chi connectivity index (χ0v) is 32.0. The monoisotopic (exact) mass is 720 g/mol. The molecule has 0 saturated carbocycles. The smallest absolute Gasteiger partial charge is 0.311 e. The van der Waals surface area contributed by atoms with Gasteiger partial charge in [-0.3, -0.25) is 9.59 Å². The summed E-state index contributed by atoms with van der Waals surface area (Å²) in [5.41, 5.74) is -5.41. The summed E-state index contributed by atoms with van der Waals surface area (Å²) < 4.78 is 31.0. The number of Topliss-reactive ketones (excluding diaryl/α,β-unsaturated/α-hetero) is 1. The molecule has 7 N–H and O–H groups in total. The topological polar surface area (TPSA) is 206 Å². The molecule has 14 heteroatoms. The standard InChI is InChI=1S/C36H65NO13/c1-13-24-36(10,45)29(40)19(4)26(38)17(2)15-35(9,44)31(50-33-27(39)23(37(11)12)14-18(3)46-33)20(5)28(21(6)32(42)48-24)49-25-16-34(8,43)30(41)22(7)47-25/h17-25,27-31,33,39-41,43-45H,13-16H2,1-12H3/p+1/t17-,18-,19+,20+,21-,22+,23+,24-,25+,27-,28+,29-,30+,31-,33+,34-,35-,36-/m1/s1. The highest BCUT2D eigenvalue weighted by atomic mass is 16.7. The largest absolute Gasteiger partial charge is 0.459 e. The molecule has 50 heavy (non-hydrogen) atoms. The summed E-state index contributed by atoms with van der Waals surface area (Å²) in [5.74, 6) is -5.11. The van der Waals surface area contributed by atoms with Crippen LogP contribution in [0.4, 0.5) is 0 Å². The minimum Gasteiger partial charge on any atom is -0.459 e. The number of carbonyl (C=O) groups excluding carboxylic acids is 2. The molecule has 0 radical (unpaired) electrons. The van der Waals surface area contributed by atoms with Crippen LogP contribution in [0.25, 0.3) is 0 Å². The molecule has 0 aromatic carbocycles. The molecule has 3 saturated heterocycles. The zero-order chi connectivity index (χ0) is 38.3. The highest BCUT2D eigenvalue weighted by molar-refractivity contribution is 5.83. The van der Waals surface area contributed by atoms with Crippen molar-refractivity contribution in [3.63, 3.8) is 0 Å². The van der Waals surface area contributed by atoms with Crippen LogP contribution in [0.2, 0.25) is 0 Å². The maximum Gasteiger partial charge on any atom is 0.311 e. The van der Waals surface area contributed by atoms with Gasteiger partial charge in [0.15, 0.2) is 18.7 Å². The molecule has 3 heterocycles. The van der Waals surface area contributed by atoms with Crippen molar-refractivity contribution in [1.82, 2.24) is 0 Å². The molecular weight excluding hydrogens is 654 g/mol. The molecule has 0 unspecified atom stereocenters. The number of ketones is 1. The van der Waals surface area contributed by atoms with E-state index >= 15 is 0 Å². The van der Waals surface area contributed by atoms with Gasteiger partial charge in [0.2, 0.25) is 0 Å². The molecular formula is C36H66NO13+. The molecule has 292 valence electrons. The Morgan fingerprint density at radius 2 is 1.44 bits per heavy atom. The van der Waals surface area contributed by atoms with Gasteiger partial charge in [-0.1, -0.05) is 27.7 Å². The van der Waals surface area contributed by atoms with Crippen LogP contribution < -0.4 is 4.90 Å². The summed E-state index contributed by atoms with van der Waals surface area (Å²) in [6.07, 6.45) is -10.5. The van der Waals surface area contributed by atoms with E-state index in [1.165, 1.54) is 27.7 Å². The van der Waals surface area contributed by atoms with Crippen molar-refractivity contribution in [3.05, 3.63) is 0 Å². The Morgan fingerprint density at radius 1 is 0.840 bits per heavy atom. The summed E-state index contributed by atoms with van der Waals surface area (Å²) in [6, 6.07) is -0.254. The maximum atomic E-state index is 14.0. The normalized spacial score (nSPS) is 50.5. The van der Waals surface area contributed by atoms with Crippen molar-refractivity contribution in [2.75, 3.05) is 14.1 Å². The Labute approximate surface area is 297 Å². The number of aliphatic hydroxyl groups is 6. The molecule has 3 rings (SSSR count). The SMILES string of the molecule is CC[C@H]1OC(=O)[C@H](C)[C@@H](O[C@H]2C[C@@](C)(O)[C@@H](O)[C@H](C)O2)[C@H](C)[C@@H](O[C@@H]2O[C@H](C)C[C@H]([NH+](C)C)[C@H]2O)[C@](C)(O)C[C@@H](C)C(=O)[C@H](C)[C@@H](O)[C@]1(C)O. The second kappa shape index (κ2) is 16.4. The van der Waals surface area contributed by atoms with Crippen LogP contribution >= 0.6 is 0 Å². The van der Waals surface area contributed by atoms with Crippen LogP contribution in [-0.2, 0) is 33.3 Å². The Hall–Kier alpha value is -1.30. The number of aliphatic hydroxyl groups excluding tert-OH is 3. The highest BCUT2D eigenvalue weighted by Gasteiger charge is 2.53. The summed E-state index contributed by atoms with van der Waals surface area (Å²) in [4.78, 5) is 28.7. The van der Waals surface area contributed by atoms with E-state index in [-0.39, 0.29) is 31.4 Å². The minimum atomic E-state index is -2.01. The molecule has 0 aromatic rings. The Bertz CT molecular complexity index is 1150. The summed E-state index contributed by atoms with van der Waals surface area (Å²) in [7, 11) is 3.84. The number of carbonyl (C=O) groups is 2. The lowest BCUT2D eigenvalue weighted by Crippen LogP contribution is -3.12. The molecule has 0 spiro atoms. The first-order chi connectivity index (χ1) is 22.9. The fraction of sp³-hybridized carbons (Fsp3) is 0.944.